The largest absolute Gasteiger partial charge is 0.486 e. The quantitative estimate of drug-likeness (QED) is 0.740. The van der Waals surface area contributed by atoms with Gasteiger partial charge in [-0.05, 0) is 18.2 Å². The van der Waals surface area contributed by atoms with Crippen LogP contribution in [0.3, 0.4) is 0 Å². The Morgan fingerprint density at radius 3 is 2.71 bits per heavy atom. The molecule has 5 nitrogen and oxygen atoms in total. The molecule has 0 bridgehead atoms. The number of anilines is 2. The Balaban J connectivity index is 1.70. The van der Waals surface area contributed by atoms with Crippen molar-refractivity contribution in [3.05, 3.63) is 40.9 Å². The minimum absolute atomic E-state index is 0.575. The lowest BCUT2D eigenvalue weighted by atomic mass is 10.2. The van der Waals surface area contributed by atoms with Gasteiger partial charge in [-0.1, -0.05) is 22.0 Å². The van der Waals surface area contributed by atoms with Gasteiger partial charge in [-0.3, -0.25) is 0 Å². The molecular formula is C15H12BrN3O2. The summed E-state index contributed by atoms with van der Waals surface area (Å²) in [6, 6.07) is 11.7. The summed E-state index contributed by atoms with van der Waals surface area (Å²) < 4.78 is 12.2. The summed E-state index contributed by atoms with van der Waals surface area (Å²) in [6.07, 6.45) is 0. The lowest BCUT2D eigenvalue weighted by Gasteiger charge is -2.17. The summed E-state index contributed by atoms with van der Waals surface area (Å²) in [5, 5.41) is 3.25. The summed E-state index contributed by atoms with van der Waals surface area (Å²) in [4.78, 5) is 7.77. The number of benzene rings is 2. The van der Waals surface area contributed by atoms with Crippen molar-refractivity contribution in [1.82, 2.24) is 9.97 Å². The average Bonchev–Trinajstić information content (AvgIpc) is 2.85. The second kappa shape index (κ2) is 4.96. The van der Waals surface area contributed by atoms with Crippen LogP contribution >= 0.6 is 15.9 Å². The maximum atomic E-state index is 5.58. The van der Waals surface area contributed by atoms with Gasteiger partial charge in [0, 0.05) is 22.3 Å². The summed E-state index contributed by atoms with van der Waals surface area (Å²) in [6.45, 7) is 1.15. The number of imidazole rings is 1. The zero-order valence-electron chi connectivity index (χ0n) is 11.0. The summed E-state index contributed by atoms with van der Waals surface area (Å²) in [7, 11) is 0. The molecule has 0 radical (unpaired) electrons. The van der Waals surface area contributed by atoms with E-state index in [1.165, 1.54) is 0 Å². The Bertz CT molecular complexity index is 773. The molecule has 106 valence electrons. The number of aromatic nitrogens is 2. The van der Waals surface area contributed by atoms with E-state index in [1.807, 2.05) is 36.4 Å². The summed E-state index contributed by atoms with van der Waals surface area (Å²) >= 11 is 3.45. The fraction of sp³-hybridized carbons (Fsp3) is 0.133. The van der Waals surface area contributed by atoms with Gasteiger partial charge in [0.2, 0.25) is 5.95 Å². The number of halogens is 1. The Hall–Kier alpha value is -2.21. The first-order valence-corrected chi connectivity index (χ1v) is 7.39. The van der Waals surface area contributed by atoms with Crippen LogP contribution in [-0.2, 0) is 0 Å². The van der Waals surface area contributed by atoms with Gasteiger partial charge in [-0.2, -0.15) is 0 Å². The fourth-order valence-corrected chi connectivity index (χ4v) is 2.71. The van der Waals surface area contributed by atoms with Crippen LogP contribution in [0.1, 0.15) is 0 Å². The first-order chi connectivity index (χ1) is 10.3. The van der Waals surface area contributed by atoms with E-state index in [0.717, 1.165) is 32.7 Å². The van der Waals surface area contributed by atoms with Gasteiger partial charge >= 0.3 is 0 Å². The molecule has 1 aliphatic heterocycles. The van der Waals surface area contributed by atoms with Gasteiger partial charge in [-0.25, -0.2) is 4.98 Å². The molecule has 6 heteroatoms. The van der Waals surface area contributed by atoms with Gasteiger partial charge in [0.15, 0.2) is 11.5 Å². The monoisotopic (exact) mass is 345 g/mol. The molecule has 3 aromatic rings. The van der Waals surface area contributed by atoms with Crippen molar-refractivity contribution in [2.75, 3.05) is 18.5 Å². The van der Waals surface area contributed by atoms with Gasteiger partial charge in [-0.15, -0.1) is 0 Å². The van der Waals surface area contributed by atoms with Crippen LogP contribution in [-0.4, -0.2) is 23.2 Å². The number of nitrogens with zero attached hydrogens (tertiary/aromatic N) is 1. The molecule has 1 aliphatic rings. The highest BCUT2D eigenvalue weighted by molar-refractivity contribution is 9.10. The van der Waals surface area contributed by atoms with E-state index in [1.54, 1.807) is 0 Å². The van der Waals surface area contributed by atoms with Crippen LogP contribution < -0.4 is 14.8 Å². The van der Waals surface area contributed by atoms with Crippen LogP contribution in [0, 0.1) is 0 Å². The minimum atomic E-state index is 0.575. The molecule has 1 aromatic heterocycles. The van der Waals surface area contributed by atoms with Crippen molar-refractivity contribution in [1.29, 1.82) is 0 Å². The minimum Gasteiger partial charge on any atom is -0.486 e. The number of ether oxygens (including phenoxy) is 2. The number of rotatable bonds is 2. The first-order valence-electron chi connectivity index (χ1n) is 6.60. The third-order valence-corrected chi connectivity index (χ3v) is 3.73. The van der Waals surface area contributed by atoms with Crippen molar-refractivity contribution in [2.24, 2.45) is 0 Å². The van der Waals surface area contributed by atoms with Crippen LogP contribution in [0.4, 0.5) is 11.6 Å². The molecule has 0 aliphatic carbocycles. The second-order valence-electron chi connectivity index (χ2n) is 4.73. The smallest absolute Gasteiger partial charge is 0.205 e. The van der Waals surface area contributed by atoms with Gasteiger partial charge in [0.05, 0.1) is 11.0 Å². The molecule has 2 aromatic carbocycles. The lowest BCUT2D eigenvalue weighted by molar-refractivity contribution is 0.172. The maximum absolute atomic E-state index is 5.58. The zero-order valence-corrected chi connectivity index (χ0v) is 12.6. The number of H-pyrrole nitrogens is 1. The van der Waals surface area contributed by atoms with E-state index < -0.39 is 0 Å². The molecule has 4 rings (SSSR count). The molecule has 2 N–H and O–H groups in total. The van der Waals surface area contributed by atoms with Crippen LogP contribution in [0.15, 0.2) is 40.9 Å². The van der Waals surface area contributed by atoms with Gasteiger partial charge in [0.1, 0.15) is 13.2 Å². The van der Waals surface area contributed by atoms with Crippen LogP contribution in [0.2, 0.25) is 0 Å². The lowest BCUT2D eigenvalue weighted by Crippen LogP contribution is -2.15. The van der Waals surface area contributed by atoms with Gasteiger partial charge in [0.25, 0.3) is 0 Å². The van der Waals surface area contributed by atoms with E-state index in [4.69, 9.17) is 9.47 Å². The SMILES string of the molecule is Brc1cccc(Nc2nc3cc4c(cc3[nH]2)OCCO4)c1. The van der Waals surface area contributed by atoms with Crippen molar-refractivity contribution < 1.29 is 9.47 Å². The predicted molar refractivity (Wildman–Crippen MR) is 84.5 cm³/mol. The molecule has 0 saturated carbocycles. The molecule has 0 spiro atoms. The van der Waals surface area contributed by atoms with E-state index in [2.05, 4.69) is 31.2 Å². The van der Waals surface area contributed by atoms with E-state index in [-0.39, 0.29) is 0 Å². The van der Waals surface area contributed by atoms with Crippen molar-refractivity contribution >= 4 is 38.6 Å². The van der Waals surface area contributed by atoms with Crippen LogP contribution in [0.5, 0.6) is 11.5 Å². The van der Waals surface area contributed by atoms with E-state index in [9.17, 15) is 0 Å². The zero-order chi connectivity index (χ0) is 14.2. The second-order valence-corrected chi connectivity index (χ2v) is 5.65. The Labute approximate surface area is 129 Å². The molecule has 2 heterocycles. The standard InChI is InChI=1S/C15H12BrN3O2/c16-9-2-1-3-10(6-9)17-15-18-11-7-13-14(8-12(11)19-15)21-5-4-20-13/h1-3,6-8H,4-5H2,(H2,17,18,19). The number of hydrogen-bond donors (Lipinski definition) is 2. The predicted octanol–water partition coefficient (Wildman–Crippen LogP) is 3.84. The topological polar surface area (TPSA) is 59.2 Å². The molecule has 21 heavy (non-hydrogen) atoms. The summed E-state index contributed by atoms with van der Waals surface area (Å²) in [5.74, 6) is 2.19. The highest BCUT2D eigenvalue weighted by Gasteiger charge is 2.14. The Kier molecular flexibility index (Phi) is 2.96. The molecule has 0 fully saturated rings. The van der Waals surface area contributed by atoms with Crippen molar-refractivity contribution in [3.8, 4) is 11.5 Å². The number of hydrogen-bond acceptors (Lipinski definition) is 4. The van der Waals surface area contributed by atoms with E-state index >= 15 is 0 Å². The average molecular weight is 346 g/mol. The molecule has 0 unspecified atom stereocenters. The van der Waals surface area contributed by atoms with Crippen LogP contribution in [0.25, 0.3) is 11.0 Å². The van der Waals surface area contributed by atoms with Crippen molar-refractivity contribution in [2.45, 2.75) is 0 Å². The molecule has 0 saturated heterocycles. The fourth-order valence-electron chi connectivity index (χ4n) is 2.31. The number of aromatic amines is 1. The summed E-state index contributed by atoms with van der Waals surface area (Å²) in [5.41, 5.74) is 2.72. The highest BCUT2D eigenvalue weighted by atomic mass is 79.9. The normalized spacial score (nSPS) is 13.4. The van der Waals surface area contributed by atoms with Crippen molar-refractivity contribution in [3.63, 3.8) is 0 Å². The van der Waals surface area contributed by atoms with Gasteiger partial charge < -0.3 is 19.8 Å². The Morgan fingerprint density at radius 2 is 1.90 bits per heavy atom. The number of nitrogens with one attached hydrogen (secondary N) is 2. The number of fused-ring (bicyclic) bond motifs is 2. The highest BCUT2D eigenvalue weighted by Crippen LogP contribution is 2.34. The third kappa shape index (κ3) is 2.42. The molecular weight excluding hydrogens is 334 g/mol. The third-order valence-electron chi connectivity index (χ3n) is 3.23. The molecule has 0 amide bonds. The molecule has 0 atom stereocenters. The Morgan fingerprint density at radius 1 is 1.10 bits per heavy atom. The maximum Gasteiger partial charge on any atom is 0.205 e. The van der Waals surface area contributed by atoms with E-state index in [0.29, 0.717) is 19.2 Å². The first kappa shape index (κ1) is 12.5.